The van der Waals surface area contributed by atoms with Gasteiger partial charge in [0.15, 0.2) is 0 Å². The Hall–Kier alpha value is -2.59. The Morgan fingerprint density at radius 2 is 2.04 bits per heavy atom. The maximum atomic E-state index is 12.6. The maximum Gasteiger partial charge on any atom is 0.573 e. The molecule has 28 heavy (non-hydrogen) atoms. The van der Waals surface area contributed by atoms with E-state index in [4.69, 9.17) is 4.74 Å². The highest BCUT2D eigenvalue weighted by Gasteiger charge is 2.34. The van der Waals surface area contributed by atoms with Crippen LogP contribution in [0.5, 0.6) is 5.75 Å². The summed E-state index contributed by atoms with van der Waals surface area (Å²) in [5.41, 5.74) is 0.593. The first-order valence-corrected chi connectivity index (χ1v) is 9.22. The molecule has 3 rings (SSSR count). The van der Waals surface area contributed by atoms with Crippen LogP contribution in [-0.4, -0.2) is 42.3 Å². The lowest BCUT2D eigenvalue weighted by Crippen LogP contribution is -2.55. The summed E-state index contributed by atoms with van der Waals surface area (Å²) >= 11 is 1.49. The van der Waals surface area contributed by atoms with Gasteiger partial charge in [-0.25, -0.2) is 0 Å². The lowest BCUT2D eigenvalue weighted by atomic mass is 10.1. The molecule has 1 saturated heterocycles. The highest BCUT2D eigenvalue weighted by atomic mass is 32.1. The van der Waals surface area contributed by atoms with Gasteiger partial charge >= 0.3 is 6.36 Å². The van der Waals surface area contributed by atoms with Crippen molar-refractivity contribution in [2.75, 3.05) is 13.2 Å². The highest BCUT2D eigenvalue weighted by Crippen LogP contribution is 2.23. The van der Waals surface area contributed by atoms with Gasteiger partial charge in [0.05, 0.1) is 13.2 Å². The SMILES string of the molecule is O=C(NCc1ccc(OC(F)(F)F)cc1)[C@H]1COCC(=O)N1Cc1cccs1. The van der Waals surface area contributed by atoms with E-state index in [1.807, 2.05) is 17.5 Å². The van der Waals surface area contributed by atoms with Crippen LogP contribution in [0, 0.1) is 0 Å². The molecule has 0 aliphatic carbocycles. The number of halogens is 3. The monoisotopic (exact) mass is 414 g/mol. The third-order valence-corrected chi connectivity index (χ3v) is 4.89. The van der Waals surface area contributed by atoms with E-state index in [0.717, 1.165) is 4.88 Å². The summed E-state index contributed by atoms with van der Waals surface area (Å²) in [6, 6.07) is 8.17. The number of nitrogens with one attached hydrogen (secondary N) is 1. The number of rotatable bonds is 6. The van der Waals surface area contributed by atoms with Crippen LogP contribution in [0.3, 0.4) is 0 Å². The highest BCUT2D eigenvalue weighted by molar-refractivity contribution is 7.09. The van der Waals surface area contributed by atoms with Gasteiger partial charge in [0.1, 0.15) is 18.4 Å². The van der Waals surface area contributed by atoms with Gasteiger partial charge in [0, 0.05) is 11.4 Å². The minimum absolute atomic E-state index is 0.0736. The first-order valence-electron chi connectivity index (χ1n) is 8.34. The smallest absolute Gasteiger partial charge is 0.406 e. The molecule has 2 amide bonds. The molecule has 1 aliphatic heterocycles. The van der Waals surface area contributed by atoms with Gasteiger partial charge in [-0.2, -0.15) is 0 Å². The summed E-state index contributed by atoms with van der Waals surface area (Å²) in [5.74, 6) is -0.996. The number of morpholine rings is 1. The summed E-state index contributed by atoms with van der Waals surface area (Å²) in [7, 11) is 0. The van der Waals surface area contributed by atoms with E-state index in [0.29, 0.717) is 12.1 Å². The second-order valence-corrected chi connectivity index (χ2v) is 7.07. The van der Waals surface area contributed by atoms with Crippen molar-refractivity contribution in [1.82, 2.24) is 10.2 Å². The van der Waals surface area contributed by atoms with Crippen LogP contribution in [0.15, 0.2) is 41.8 Å². The number of nitrogens with zero attached hydrogens (tertiary/aromatic N) is 1. The summed E-state index contributed by atoms with van der Waals surface area (Å²) < 4.78 is 45.6. The Morgan fingerprint density at radius 3 is 2.68 bits per heavy atom. The number of alkyl halides is 3. The summed E-state index contributed by atoms with van der Waals surface area (Å²) in [4.78, 5) is 27.2. The molecule has 1 aromatic heterocycles. The van der Waals surface area contributed by atoms with Gasteiger partial charge in [-0.1, -0.05) is 18.2 Å². The number of carbonyl (C=O) groups is 2. The Labute approximate surface area is 162 Å². The van der Waals surface area contributed by atoms with Crippen molar-refractivity contribution < 1.29 is 32.2 Å². The predicted octanol–water partition coefficient (Wildman–Crippen LogP) is 2.69. The van der Waals surface area contributed by atoms with Crippen molar-refractivity contribution in [1.29, 1.82) is 0 Å². The maximum absolute atomic E-state index is 12.6. The van der Waals surface area contributed by atoms with Gasteiger partial charge in [-0.3, -0.25) is 9.59 Å². The lowest BCUT2D eigenvalue weighted by molar-refractivity contribution is -0.274. The van der Waals surface area contributed by atoms with E-state index in [1.165, 1.54) is 40.5 Å². The van der Waals surface area contributed by atoms with Gasteiger partial charge in [-0.05, 0) is 29.1 Å². The van der Waals surface area contributed by atoms with Crippen molar-refractivity contribution in [2.24, 2.45) is 0 Å². The zero-order chi connectivity index (χ0) is 20.1. The normalized spacial score (nSPS) is 17.5. The van der Waals surface area contributed by atoms with Gasteiger partial charge < -0.3 is 19.7 Å². The number of carbonyl (C=O) groups excluding carboxylic acids is 2. The topological polar surface area (TPSA) is 67.9 Å². The summed E-state index contributed by atoms with van der Waals surface area (Å²) in [6.45, 7) is 0.432. The molecule has 10 heteroatoms. The molecule has 150 valence electrons. The van der Waals surface area contributed by atoms with E-state index >= 15 is 0 Å². The number of ether oxygens (including phenoxy) is 2. The largest absolute Gasteiger partial charge is 0.573 e. The second kappa shape index (κ2) is 8.61. The third-order valence-electron chi connectivity index (χ3n) is 4.03. The van der Waals surface area contributed by atoms with E-state index in [2.05, 4.69) is 10.1 Å². The molecule has 2 heterocycles. The molecule has 0 saturated carbocycles. The van der Waals surface area contributed by atoms with Crippen molar-refractivity contribution >= 4 is 23.2 Å². The second-order valence-electron chi connectivity index (χ2n) is 6.04. The van der Waals surface area contributed by atoms with Gasteiger partial charge in [0.25, 0.3) is 0 Å². The lowest BCUT2D eigenvalue weighted by Gasteiger charge is -2.34. The molecular weight excluding hydrogens is 397 g/mol. The number of thiophene rings is 1. The zero-order valence-corrected chi connectivity index (χ0v) is 15.4. The molecular formula is C18H17F3N2O4S. The minimum Gasteiger partial charge on any atom is -0.406 e. The van der Waals surface area contributed by atoms with Crippen LogP contribution in [-0.2, 0) is 27.4 Å². The number of amides is 2. The average molecular weight is 414 g/mol. The fourth-order valence-electron chi connectivity index (χ4n) is 2.71. The first kappa shape index (κ1) is 20.2. The molecule has 0 unspecified atom stereocenters. The van der Waals surface area contributed by atoms with E-state index < -0.39 is 12.4 Å². The number of hydrogen-bond acceptors (Lipinski definition) is 5. The van der Waals surface area contributed by atoms with Crippen molar-refractivity contribution in [3.63, 3.8) is 0 Å². The first-order chi connectivity index (χ1) is 13.3. The molecule has 6 nitrogen and oxygen atoms in total. The van der Waals surface area contributed by atoms with E-state index in [9.17, 15) is 22.8 Å². The number of benzene rings is 1. The fourth-order valence-corrected chi connectivity index (χ4v) is 3.41. The standard InChI is InChI=1S/C18H17F3N2O4S/c19-18(20,21)27-13-5-3-12(4-6-13)8-22-17(25)15-10-26-11-16(24)23(15)9-14-2-1-7-28-14/h1-7,15H,8-11H2,(H,22,25)/t15-/m1/s1. The number of hydrogen-bond donors (Lipinski definition) is 1. The average Bonchev–Trinajstić information content (AvgIpc) is 3.14. The van der Waals surface area contributed by atoms with E-state index in [1.54, 1.807) is 0 Å². The van der Waals surface area contributed by atoms with Crippen LogP contribution >= 0.6 is 11.3 Å². The quantitative estimate of drug-likeness (QED) is 0.789. The zero-order valence-electron chi connectivity index (χ0n) is 14.6. The molecule has 0 radical (unpaired) electrons. The molecule has 1 aromatic carbocycles. The Balaban J connectivity index is 1.58. The Morgan fingerprint density at radius 1 is 1.29 bits per heavy atom. The van der Waals surface area contributed by atoms with Gasteiger partial charge in [-0.15, -0.1) is 24.5 Å². The summed E-state index contributed by atoms with van der Waals surface area (Å²) in [6.07, 6.45) is -4.75. The molecule has 1 aliphatic rings. The fraction of sp³-hybridized carbons (Fsp3) is 0.333. The molecule has 0 spiro atoms. The molecule has 1 atom stereocenters. The third kappa shape index (κ3) is 5.46. The van der Waals surface area contributed by atoms with Crippen LogP contribution in [0.2, 0.25) is 0 Å². The predicted molar refractivity (Wildman–Crippen MR) is 94.4 cm³/mol. The molecule has 2 aromatic rings. The van der Waals surface area contributed by atoms with Crippen LogP contribution in [0.1, 0.15) is 10.4 Å². The van der Waals surface area contributed by atoms with Crippen molar-refractivity contribution in [3.8, 4) is 5.75 Å². The van der Waals surface area contributed by atoms with Crippen molar-refractivity contribution in [3.05, 3.63) is 52.2 Å². The van der Waals surface area contributed by atoms with Crippen LogP contribution < -0.4 is 10.1 Å². The van der Waals surface area contributed by atoms with Crippen LogP contribution in [0.25, 0.3) is 0 Å². The van der Waals surface area contributed by atoms with Gasteiger partial charge in [0.2, 0.25) is 11.8 Å². The van der Waals surface area contributed by atoms with E-state index in [-0.39, 0.29) is 37.3 Å². The summed E-state index contributed by atoms with van der Waals surface area (Å²) in [5, 5.41) is 4.58. The van der Waals surface area contributed by atoms with Crippen molar-refractivity contribution in [2.45, 2.75) is 25.5 Å². The Bertz CT molecular complexity index is 809. The van der Waals surface area contributed by atoms with Crippen LogP contribution in [0.4, 0.5) is 13.2 Å². The molecule has 1 N–H and O–H groups in total. The Kier molecular flexibility index (Phi) is 6.20. The molecule has 0 bridgehead atoms. The molecule has 1 fully saturated rings. The minimum atomic E-state index is -4.75.